The number of carbonyl (C=O) groups excluding carboxylic acids is 1. The summed E-state index contributed by atoms with van der Waals surface area (Å²) in [5, 5.41) is 3.64. The van der Waals surface area contributed by atoms with E-state index in [0.29, 0.717) is 19.7 Å². The fraction of sp³-hybridized carbons (Fsp3) is 0.692. The Bertz CT molecular complexity index is 471. The molecule has 1 fully saturated rings. The molecule has 1 amide bonds. The molecule has 2 heterocycles. The minimum absolute atomic E-state index is 0.155. The van der Waals surface area contributed by atoms with Crippen LogP contribution in [0, 0.1) is 0 Å². The van der Waals surface area contributed by atoms with Crippen molar-refractivity contribution in [3.63, 3.8) is 0 Å². The number of nitrogens with zero attached hydrogens (tertiary/aromatic N) is 2. The minimum Gasteiger partial charge on any atom is -0.479 e. The van der Waals surface area contributed by atoms with E-state index < -0.39 is 5.60 Å². The zero-order chi connectivity index (χ0) is 14.8. The maximum absolute atomic E-state index is 12.4. The van der Waals surface area contributed by atoms with E-state index in [4.69, 9.17) is 18.7 Å². The lowest BCUT2D eigenvalue weighted by molar-refractivity contribution is -0.143. The second-order valence-corrected chi connectivity index (χ2v) is 5.37. The number of aromatic nitrogens is 1. The quantitative estimate of drug-likeness (QED) is 0.819. The van der Waals surface area contributed by atoms with Crippen molar-refractivity contribution in [2.45, 2.75) is 25.6 Å². The van der Waals surface area contributed by atoms with Crippen molar-refractivity contribution in [2.24, 2.45) is 0 Å². The van der Waals surface area contributed by atoms with Crippen LogP contribution in [0.1, 0.15) is 24.4 Å². The van der Waals surface area contributed by atoms with Gasteiger partial charge in [-0.2, -0.15) is 0 Å². The first-order valence-electron chi connectivity index (χ1n) is 6.42. The maximum atomic E-state index is 12.4. The molecule has 1 aromatic heterocycles. The zero-order valence-corrected chi connectivity index (χ0v) is 12.2. The van der Waals surface area contributed by atoms with Crippen LogP contribution in [0.4, 0.5) is 0 Å². The molecule has 0 spiro atoms. The summed E-state index contributed by atoms with van der Waals surface area (Å²) in [7, 11) is 3.08. The second-order valence-electron chi connectivity index (χ2n) is 5.37. The molecule has 1 atom stereocenters. The summed E-state index contributed by atoms with van der Waals surface area (Å²) < 4.78 is 20.9. The third-order valence-electron chi connectivity index (χ3n) is 3.03. The Hall–Kier alpha value is -1.60. The highest BCUT2D eigenvalue weighted by atomic mass is 16.5. The molecule has 0 bridgehead atoms. The Balaban J connectivity index is 2.11. The zero-order valence-electron chi connectivity index (χ0n) is 12.2. The van der Waals surface area contributed by atoms with Crippen LogP contribution in [0.2, 0.25) is 0 Å². The van der Waals surface area contributed by atoms with Crippen LogP contribution >= 0.6 is 0 Å². The Kier molecular flexibility index (Phi) is 4.29. The molecule has 0 radical (unpaired) electrons. The first kappa shape index (κ1) is 14.8. The summed E-state index contributed by atoms with van der Waals surface area (Å²) in [5.41, 5.74) is -0.429. The van der Waals surface area contributed by atoms with Crippen LogP contribution in [0.5, 0.6) is 5.88 Å². The molecule has 0 aliphatic carbocycles. The first-order valence-corrected chi connectivity index (χ1v) is 6.42. The average molecular weight is 284 g/mol. The van der Waals surface area contributed by atoms with E-state index in [2.05, 4.69) is 5.16 Å². The Labute approximate surface area is 117 Å². The van der Waals surface area contributed by atoms with E-state index in [9.17, 15) is 4.79 Å². The third-order valence-corrected chi connectivity index (χ3v) is 3.03. The van der Waals surface area contributed by atoms with Crippen LogP contribution in [0.25, 0.3) is 0 Å². The van der Waals surface area contributed by atoms with Crippen molar-refractivity contribution in [1.82, 2.24) is 10.1 Å². The van der Waals surface area contributed by atoms with Crippen molar-refractivity contribution in [1.29, 1.82) is 0 Å². The van der Waals surface area contributed by atoms with Crippen molar-refractivity contribution in [3.8, 4) is 5.88 Å². The summed E-state index contributed by atoms with van der Waals surface area (Å²) in [4.78, 5) is 14.1. The van der Waals surface area contributed by atoms with Crippen LogP contribution in [0.3, 0.4) is 0 Å². The van der Waals surface area contributed by atoms with Crippen molar-refractivity contribution in [2.75, 3.05) is 33.9 Å². The SMILES string of the molecule is COCC1CN(C(=O)c2cc(OC)no2)CC(C)(C)O1. The van der Waals surface area contributed by atoms with Gasteiger partial charge >= 0.3 is 0 Å². The number of ether oxygens (including phenoxy) is 3. The van der Waals surface area contributed by atoms with E-state index >= 15 is 0 Å². The van der Waals surface area contributed by atoms with Crippen LogP contribution in [0.15, 0.2) is 10.6 Å². The van der Waals surface area contributed by atoms with Crippen LogP contribution in [-0.2, 0) is 9.47 Å². The Morgan fingerprint density at radius 2 is 2.30 bits per heavy atom. The lowest BCUT2D eigenvalue weighted by Gasteiger charge is -2.42. The number of rotatable bonds is 4. The monoisotopic (exact) mass is 284 g/mol. The van der Waals surface area contributed by atoms with E-state index in [-0.39, 0.29) is 23.7 Å². The number of carbonyl (C=O) groups is 1. The fourth-order valence-corrected chi connectivity index (χ4v) is 2.33. The molecule has 1 unspecified atom stereocenters. The van der Waals surface area contributed by atoms with Gasteiger partial charge < -0.3 is 23.6 Å². The normalized spacial score (nSPS) is 21.8. The smallest absolute Gasteiger partial charge is 0.292 e. The summed E-state index contributed by atoms with van der Waals surface area (Å²) in [6.45, 7) is 5.26. The molecule has 112 valence electrons. The largest absolute Gasteiger partial charge is 0.479 e. The summed E-state index contributed by atoms with van der Waals surface area (Å²) in [5.74, 6) is 0.225. The number of morpholine rings is 1. The third kappa shape index (κ3) is 3.29. The molecule has 1 aromatic rings. The van der Waals surface area contributed by atoms with Gasteiger partial charge in [0, 0.05) is 20.2 Å². The molecule has 0 aromatic carbocycles. The van der Waals surface area contributed by atoms with Gasteiger partial charge in [0.05, 0.1) is 31.5 Å². The number of hydrogen-bond acceptors (Lipinski definition) is 6. The molecule has 1 aliphatic heterocycles. The lowest BCUT2D eigenvalue weighted by atomic mass is 10.0. The molecule has 1 saturated heterocycles. The standard InChI is InChI=1S/C13H20N2O5/c1-13(2)8-15(6-9(19-13)7-17-3)12(16)10-5-11(18-4)14-20-10/h5,9H,6-8H2,1-4H3. The van der Waals surface area contributed by atoms with Crippen LogP contribution in [-0.4, -0.2) is 61.6 Å². The molecular weight excluding hydrogens is 264 g/mol. The Morgan fingerprint density at radius 3 is 2.90 bits per heavy atom. The van der Waals surface area contributed by atoms with E-state index in [0.717, 1.165) is 0 Å². The topological polar surface area (TPSA) is 74.0 Å². The second kappa shape index (κ2) is 5.80. The molecular formula is C13H20N2O5. The molecule has 0 N–H and O–H groups in total. The molecule has 7 heteroatoms. The van der Waals surface area contributed by atoms with Crippen molar-refractivity contribution in [3.05, 3.63) is 11.8 Å². The predicted molar refractivity (Wildman–Crippen MR) is 69.8 cm³/mol. The maximum Gasteiger partial charge on any atom is 0.292 e. The van der Waals surface area contributed by atoms with Gasteiger partial charge in [-0.3, -0.25) is 4.79 Å². The van der Waals surface area contributed by atoms with E-state index in [1.54, 1.807) is 12.0 Å². The highest BCUT2D eigenvalue weighted by molar-refractivity contribution is 5.91. The van der Waals surface area contributed by atoms with Crippen LogP contribution < -0.4 is 4.74 Å². The van der Waals surface area contributed by atoms with Crippen molar-refractivity contribution < 1.29 is 23.5 Å². The fourth-order valence-electron chi connectivity index (χ4n) is 2.33. The molecule has 1 aliphatic rings. The molecule has 7 nitrogen and oxygen atoms in total. The van der Waals surface area contributed by atoms with Crippen molar-refractivity contribution >= 4 is 5.91 Å². The van der Waals surface area contributed by atoms with Gasteiger partial charge in [-0.15, -0.1) is 0 Å². The van der Waals surface area contributed by atoms with Gasteiger partial charge in [0.15, 0.2) is 0 Å². The van der Waals surface area contributed by atoms with Gasteiger partial charge in [0.2, 0.25) is 5.76 Å². The summed E-state index contributed by atoms with van der Waals surface area (Å²) in [6.07, 6.45) is -0.155. The summed E-state index contributed by atoms with van der Waals surface area (Å²) >= 11 is 0. The Morgan fingerprint density at radius 1 is 1.55 bits per heavy atom. The van der Waals surface area contributed by atoms with Gasteiger partial charge in [-0.1, -0.05) is 0 Å². The number of hydrogen-bond donors (Lipinski definition) is 0. The average Bonchev–Trinajstić information content (AvgIpc) is 2.85. The molecule has 20 heavy (non-hydrogen) atoms. The van der Waals surface area contributed by atoms with Gasteiger partial charge in [0.1, 0.15) is 0 Å². The summed E-state index contributed by atoms with van der Waals surface area (Å²) in [6, 6.07) is 1.48. The first-order chi connectivity index (χ1) is 9.45. The van der Waals surface area contributed by atoms with Gasteiger partial charge in [0.25, 0.3) is 11.8 Å². The van der Waals surface area contributed by atoms with Gasteiger partial charge in [-0.25, -0.2) is 0 Å². The van der Waals surface area contributed by atoms with Gasteiger partial charge in [-0.05, 0) is 19.0 Å². The lowest BCUT2D eigenvalue weighted by Crippen LogP contribution is -2.55. The molecule has 2 rings (SSSR count). The highest BCUT2D eigenvalue weighted by Crippen LogP contribution is 2.23. The molecule has 0 saturated carbocycles. The number of methoxy groups -OCH3 is 2. The number of amides is 1. The highest BCUT2D eigenvalue weighted by Gasteiger charge is 2.37. The van der Waals surface area contributed by atoms with E-state index in [1.807, 2.05) is 13.8 Å². The van der Waals surface area contributed by atoms with E-state index in [1.165, 1.54) is 13.2 Å². The minimum atomic E-state index is -0.429. The predicted octanol–water partition coefficient (Wildman–Crippen LogP) is 0.949.